The van der Waals surface area contributed by atoms with Crippen LogP contribution in [0, 0.1) is 5.92 Å². The monoisotopic (exact) mass is 306 g/mol. The van der Waals surface area contributed by atoms with Gasteiger partial charge in [0.1, 0.15) is 0 Å². The van der Waals surface area contributed by atoms with Gasteiger partial charge in [-0.15, -0.1) is 11.3 Å². The van der Waals surface area contributed by atoms with E-state index in [0.717, 1.165) is 4.88 Å². The Morgan fingerprint density at radius 3 is 2.79 bits per heavy atom. The summed E-state index contributed by atoms with van der Waals surface area (Å²) in [6.45, 7) is 6.18. The first-order valence-electron chi connectivity index (χ1n) is 6.30. The summed E-state index contributed by atoms with van der Waals surface area (Å²) in [5.41, 5.74) is 5.46. The highest BCUT2D eigenvalue weighted by Crippen LogP contribution is 2.18. The van der Waals surface area contributed by atoms with Crippen molar-refractivity contribution >= 4 is 21.4 Å². The summed E-state index contributed by atoms with van der Waals surface area (Å²) in [6, 6.07) is 1.61. The second-order valence-electron chi connectivity index (χ2n) is 4.67. The van der Waals surface area contributed by atoms with Crippen molar-refractivity contribution in [3.8, 4) is 0 Å². The molecule has 110 valence electrons. The average Bonchev–Trinajstić information content (AvgIpc) is 2.82. The summed E-state index contributed by atoms with van der Waals surface area (Å²) >= 11 is 1.36. The molecule has 0 spiro atoms. The second-order valence-corrected chi connectivity index (χ2v) is 7.44. The van der Waals surface area contributed by atoms with E-state index in [1.807, 2.05) is 0 Å². The Bertz CT molecular complexity index is 469. The fourth-order valence-corrected chi connectivity index (χ4v) is 3.62. The van der Waals surface area contributed by atoms with Crippen molar-refractivity contribution in [3.63, 3.8) is 0 Å². The van der Waals surface area contributed by atoms with Gasteiger partial charge in [-0.3, -0.25) is 0 Å². The van der Waals surface area contributed by atoms with Crippen LogP contribution in [0.4, 0.5) is 0 Å². The van der Waals surface area contributed by atoms with Crippen molar-refractivity contribution < 1.29 is 13.2 Å². The van der Waals surface area contributed by atoms with Crippen molar-refractivity contribution in [2.75, 3.05) is 19.8 Å². The Morgan fingerprint density at radius 1 is 1.47 bits per heavy atom. The maximum Gasteiger partial charge on any atom is 0.241 e. The van der Waals surface area contributed by atoms with E-state index in [4.69, 9.17) is 10.5 Å². The Hall–Kier alpha value is -0.470. The molecule has 1 aromatic rings. The van der Waals surface area contributed by atoms with Crippen LogP contribution in [0.15, 0.2) is 16.3 Å². The summed E-state index contributed by atoms with van der Waals surface area (Å²) in [4.78, 5) is 1.15. The molecule has 0 amide bonds. The minimum Gasteiger partial charge on any atom is -0.381 e. The highest BCUT2D eigenvalue weighted by Gasteiger charge is 2.15. The predicted molar refractivity (Wildman–Crippen MR) is 77.7 cm³/mol. The molecular formula is C12H22N2O3S2. The topological polar surface area (TPSA) is 81.4 Å². The fraction of sp³-hybridized carbons (Fsp3) is 0.667. The van der Waals surface area contributed by atoms with E-state index in [-0.39, 0.29) is 0 Å². The van der Waals surface area contributed by atoms with Crippen molar-refractivity contribution in [1.82, 2.24) is 4.72 Å². The van der Waals surface area contributed by atoms with Gasteiger partial charge in [-0.2, -0.15) is 0 Å². The van der Waals surface area contributed by atoms with Crippen LogP contribution in [0.3, 0.4) is 0 Å². The normalized spacial score (nSPS) is 12.2. The van der Waals surface area contributed by atoms with Crippen molar-refractivity contribution in [2.24, 2.45) is 11.7 Å². The number of sulfonamides is 1. The molecule has 3 N–H and O–H groups in total. The smallest absolute Gasteiger partial charge is 0.241 e. The molecule has 0 unspecified atom stereocenters. The van der Waals surface area contributed by atoms with Crippen LogP contribution in [0.2, 0.25) is 0 Å². The van der Waals surface area contributed by atoms with Gasteiger partial charge in [-0.25, -0.2) is 13.1 Å². The van der Waals surface area contributed by atoms with E-state index >= 15 is 0 Å². The van der Waals surface area contributed by atoms with Gasteiger partial charge >= 0.3 is 0 Å². The quantitative estimate of drug-likeness (QED) is 0.678. The molecule has 0 aliphatic rings. The van der Waals surface area contributed by atoms with Crippen LogP contribution >= 0.6 is 11.3 Å². The van der Waals surface area contributed by atoms with E-state index in [9.17, 15) is 8.42 Å². The third-order valence-corrected chi connectivity index (χ3v) is 4.90. The maximum absolute atomic E-state index is 11.9. The molecule has 0 aromatic carbocycles. The summed E-state index contributed by atoms with van der Waals surface area (Å²) in [7, 11) is -3.40. The molecule has 1 rings (SSSR count). The molecular weight excluding hydrogens is 284 g/mol. The highest BCUT2D eigenvalue weighted by molar-refractivity contribution is 7.89. The molecule has 7 heteroatoms. The minimum atomic E-state index is -3.40. The molecule has 0 aliphatic carbocycles. The van der Waals surface area contributed by atoms with Gasteiger partial charge in [0.2, 0.25) is 10.0 Å². The number of hydrogen-bond acceptors (Lipinski definition) is 5. The van der Waals surface area contributed by atoms with Crippen LogP contribution in [0.5, 0.6) is 0 Å². The van der Waals surface area contributed by atoms with E-state index in [1.165, 1.54) is 11.3 Å². The summed E-state index contributed by atoms with van der Waals surface area (Å²) in [5, 5.41) is 1.61. The van der Waals surface area contributed by atoms with Crippen LogP contribution in [0.1, 0.15) is 25.1 Å². The standard InChI is InChI=1S/C12H22N2O3S2/c1-10(2)8-17-5-3-4-14-19(15,16)12-6-11(7-13)18-9-12/h6,9-10,14H,3-5,7-8,13H2,1-2H3. The van der Waals surface area contributed by atoms with Gasteiger partial charge in [0.25, 0.3) is 0 Å². The Labute approximate surface area is 119 Å². The van der Waals surface area contributed by atoms with Crippen LogP contribution in [-0.4, -0.2) is 28.2 Å². The van der Waals surface area contributed by atoms with Gasteiger partial charge in [-0.05, 0) is 18.4 Å². The molecule has 5 nitrogen and oxygen atoms in total. The molecule has 19 heavy (non-hydrogen) atoms. The molecule has 1 heterocycles. The molecule has 0 radical (unpaired) electrons. The lowest BCUT2D eigenvalue weighted by atomic mass is 10.2. The van der Waals surface area contributed by atoms with E-state index in [0.29, 0.717) is 43.5 Å². The summed E-state index contributed by atoms with van der Waals surface area (Å²) < 4.78 is 31.8. The molecule has 0 saturated heterocycles. The average molecular weight is 306 g/mol. The SMILES string of the molecule is CC(C)COCCCNS(=O)(=O)c1csc(CN)c1. The zero-order valence-electron chi connectivity index (χ0n) is 11.4. The summed E-state index contributed by atoms with van der Waals surface area (Å²) in [6.07, 6.45) is 0.667. The number of ether oxygens (including phenoxy) is 1. The first-order valence-corrected chi connectivity index (χ1v) is 8.67. The lowest BCUT2D eigenvalue weighted by molar-refractivity contribution is 0.108. The van der Waals surface area contributed by atoms with E-state index < -0.39 is 10.0 Å². The Kier molecular flexibility index (Phi) is 6.95. The molecule has 0 atom stereocenters. The first-order chi connectivity index (χ1) is 8.95. The van der Waals surface area contributed by atoms with Crippen LogP contribution in [-0.2, 0) is 21.3 Å². The van der Waals surface area contributed by atoms with Gasteiger partial charge in [0, 0.05) is 36.6 Å². The second kappa shape index (κ2) is 7.96. The van der Waals surface area contributed by atoms with Gasteiger partial charge < -0.3 is 10.5 Å². The molecule has 0 bridgehead atoms. The first kappa shape index (κ1) is 16.6. The fourth-order valence-electron chi connectivity index (χ4n) is 1.39. The lowest BCUT2D eigenvalue weighted by Gasteiger charge is -2.07. The largest absolute Gasteiger partial charge is 0.381 e. The third-order valence-electron chi connectivity index (χ3n) is 2.35. The number of hydrogen-bond donors (Lipinski definition) is 2. The van der Waals surface area contributed by atoms with E-state index in [1.54, 1.807) is 11.4 Å². The number of nitrogens with one attached hydrogen (secondary N) is 1. The van der Waals surface area contributed by atoms with Crippen molar-refractivity contribution in [1.29, 1.82) is 0 Å². The molecule has 0 saturated carbocycles. The van der Waals surface area contributed by atoms with Gasteiger partial charge in [-0.1, -0.05) is 13.8 Å². The third kappa shape index (κ3) is 6.01. The molecule has 0 aliphatic heterocycles. The van der Waals surface area contributed by atoms with Gasteiger partial charge in [0.15, 0.2) is 0 Å². The zero-order chi connectivity index (χ0) is 14.3. The van der Waals surface area contributed by atoms with Crippen LogP contribution in [0.25, 0.3) is 0 Å². The van der Waals surface area contributed by atoms with Crippen molar-refractivity contribution in [3.05, 3.63) is 16.3 Å². The van der Waals surface area contributed by atoms with E-state index in [2.05, 4.69) is 18.6 Å². The summed E-state index contributed by atoms with van der Waals surface area (Å²) in [5.74, 6) is 0.497. The Morgan fingerprint density at radius 2 is 2.21 bits per heavy atom. The zero-order valence-corrected chi connectivity index (χ0v) is 13.0. The number of rotatable bonds is 9. The Balaban J connectivity index is 2.31. The van der Waals surface area contributed by atoms with Gasteiger partial charge in [0.05, 0.1) is 4.90 Å². The molecule has 0 fully saturated rings. The minimum absolute atomic E-state index is 0.293. The maximum atomic E-state index is 11.9. The lowest BCUT2D eigenvalue weighted by Crippen LogP contribution is -2.25. The molecule has 1 aromatic heterocycles. The number of thiophene rings is 1. The predicted octanol–water partition coefficient (Wildman–Crippen LogP) is 1.55. The highest BCUT2D eigenvalue weighted by atomic mass is 32.2. The number of nitrogens with two attached hydrogens (primary N) is 1. The van der Waals surface area contributed by atoms with Crippen molar-refractivity contribution in [2.45, 2.75) is 31.7 Å². The van der Waals surface area contributed by atoms with Crippen LogP contribution < -0.4 is 10.5 Å².